The molecule has 0 spiro atoms. The lowest BCUT2D eigenvalue weighted by Crippen LogP contribution is -2.31. The number of fused-ring (bicyclic) bond motifs is 1. The maximum Gasteiger partial charge on any atom is 0.257 e. The number of pyridine rings is 1. The Morgan fingerprint density at radius 2 is 2.03 bits per heavy atom. The largest absolute Gasteiger partial charge is 0.497 e. The van der Waals surface area contributed by atoms with Gasteiger partial charge in [0, 0.05) is 16.6 Å². The van der Waals surface area contributed by atoms with Gasteiger partial charge in [0.05, 0.1) is 31.0 Å². The minimum atomic E-state index is -0.305. The van der Waals surface area contributed by atoms with Crippen molar-refractivity contribution in [2.45, 2.75) is 31.7 Å². The second kappa shape index (κ2) is 9.04. The number of carbonyl (C=O) groups excluding carboxylic acids is 2. The number of nitrogens with one attached hydrogen (secondary N) is 2. The number of carbonyl (C=O) groups is 2. The number of thiazole rings is 1. The minimum absolute atomic E-state index is 0.0556. The Bertz CT molecular complexity index is 1030. The van der Waals surface area contributed by atoms with E-state index in [1.807, 2.05) is 18.2 Å². The number of benzene rings is 1. The van der Waals surface area contributed by atoms with E-state index in [1.54, 1.807) is 37.6 Å². The third kappa shape index (κ3) is 4.49. The highest BCUT2D eigenvalue weighted by Crippen LogP contribution is 2.37. The quantitative estimate of drug-likeness (QED) is 0.634. The number of aryl methyl sites for hydroxylation is 1. The molecule has 1 atom stereocenters. The molecule has 0 saturated heterocycles. The van der Waals surface area contributed by atoms with E-state index in [0.717, 1.165) is 35.5 Å². The molecule has 4 rings (SSSR count). The summed E-state index contributed by atoms with van der Waals surface area (Å²) in [5, 5.41) is 6.34. The fraction of sp³-hybridized carbons (Fsp3) is 0.273. The van der Waals surface area contributed by atoms with Gasteiger partial charge in [-0.1, -0.05) is 6.07 Å². The number of methoxy groups -OCH3 is 1. The van der Waals surface area contributed by atoms with Crippen LogP contribution in [0.4, 0.5) is 5.13 Å². The van der Waals surface area contributed by atoms with E-state index in [0.29, 0.717) is 23.0 Å². The van der Waals surface area contributed by atoms with E-state index in [1.165, 1.54) is 11.3 Å². The molecule has 2 amide bonds. The van der Waals surface area contributed by atoms with Crippen molar-refractivity contribution in [3.8, 4) is 5.75 Å². The fourth-order valence-corrected chi connectivity index (χ4v) is 4.50. The van der Waals surface area contributed by atoms with Crippen LogP contribution in [-0.4, -0.2) is 28.9 Å². The molecule has 1 aliphatic rings. The number of anilines is 1. The van der Waals surface area contributed by atoms with Gasteiger partial charge in [0.15, 0.2) is 5.13 Å². The van der Waals surface area contributed by atoms with Crippen LogP contribution in [0.25, 0.3) is 0 Å². The number of nitrogens with zero attached hydrogens (tertiary/aromatic N) is 2. The molecular formula is C22H22N4O3S. The SMILES string of the molecule is COc1ccc(C(=O)Nc2nc3c(s2)CCC[C@@H]3C(=O)NCc2ccccn2)cc1. The van der Waals surface area contributed by atoms with Gasteiger partial charge in [-0.3, -0.25) is 19.9 Å². The normalized spacial score (nSPS) is 15.2. The molecule has 0 saturated carbocycles. The number of hydrogen-bond acceptors (Lipinski definition) is 6. The number of rotatable bonds is 6. The van der Waals surface area contributed by atoms with Crippen LogP contribution in [0.15, 0.2) is 48.7 Å². The van der Waals surface area contributed by atoms with E-state index >= 15 is 0 Å². The maximum atomic E-state index is 12.8. The van der Waals surface area contributed by atoms with Gasteiger partial charge in [0.25, 0.3) is 5.91 Å². The van der Waals surface area contributed by atoms with Crippen molar-refractivity contribution in [1.29, 1.82) is 0 Å². The average Bonchev–Trinajstić information content (AvgIpc) is 3.20. The summed E-state index contributed by atoms with van der Waals surface area (Å²) in [7, 11) is 1.58. The molecule has 2 aromatic heterocycles. The van der Waals surface area contributed by atoms with Crippen molar-refractivity contribution in [1.82, 2.24) is 15.3 Å². The molecule has 0 bridgehead atoms. The topological polar surface area (TPSA) is 93.2 Å². The van der Waals surface area contributed by atoms with Crippen molar-refractivity contribution < 1.29 is 14.3 Å². The monoisotopic (exact) mass is 422 g/mol. The second-order valence-electron chi connectivity index (χ2n) is 6.99. The summed E-state index contributed by atoms with van der Waals surface area (Å²) in [4.78, 5) is 35.2. The van der Waals surface area contributed by atoms with Crippen LogP contribution in [0.3, 0.4) is 0 Å². The van der Waals surface area contributed by atoms with Crippen LogP contribution in [0, 0.1) is 0 Å². The van der Waals surface area contributed by atoms with Gasteiger partial charge < -0.3 is 10.1 Å². The Balaban J connectivity index is 1.44. The van der Waals surface area contributed by atoms with Gasteiger partial charge in [-0.05, 0) is 55.7 Å². The van der Waals surface area contributed by atoms with E-state index in [2.05, 4.69) is 20.6 Å². The molecule has 1 aromatic carbocycles. The van der Waals surface area contributed by atoms with E-state index in [-0.39, 0.29) is 17.7 Å². The highest BCUT2D eigenvalue weighted by molar-refractivity contribution is 7.16. The van der Waals surface area contributed by atoms with Crippen molar-refractivity contribution in [2.24, 2.45) is 0 Å². The van der Waals surface area contributed by atoms with Crippen molar-refractivity contribution in [3.05, 3.63) is 70.5 Å². The zero-order chi connectivity index (χ0) is 20.9. The molecule has 0 aliphatic heterocycles. The van der Waals surface area contributed by atoms with Gasteiger partial charge >= 0.3 is 0 Å². The van der Waals surface area contributed by atoms with Crippen LogP contribution in [0.2, 0.25) is 0 Å². The first-order valence-electron chi connectivity index (χ1n) is 9.76. The summed E-state index contributed by atoms with van der Waals surface area (Å²) in [5.41, 5.74) is 2.11. The second-order valence-corrected chi connectivity index (χ2v) is 8.08. The molecule has 1 aliphatic carbocycles. The zero-order valence-corrected chi connectivity index (χ0v) is 17.4. The molecule has 8 heteroatoms. The first kappa shape index (κ1) is 20.0. The average molecular weight is 423 g/mol. The van der Waals surface area contributed by atoms with Crippen LogP contribution in [-0.2, 0) is 17.8 Å². The summed E-state index contributed by atoms with van der Waals surface area (Å²) in [6, 6.07) is 12.5. The number of amides is 2. The van der Waals surface area contributed by atoms with Crippen molar-refractivity contribution >= 4 is 28.3 Å². The molecule has 2 heterocycles. The molecule has 7 nitrogen and oxygen atoms in total. The molecule has 2 N–H and O–H groups in total. The third-order valence-electron chi connectivity index (χ3n) is 5.01. The first-order valence-corrected chi connectivity index (χ1v) is 10.6. The fourth-order valence-electron chi connectivity index (χ4n) is 3.44. The minimum Gasteiger partial charge on any atom is -0.497 e. The van der Waals surface area contributed by atoms with Crippen LogP contribution in [0.1, 0.15) is 45.4 Å². The molecule has 3 aromatic rings. The highest BCUT2D eigenvalue weighted by atomic mass is 32.1. The summed E-state index contributed by atoms with van der Waals surface area (Å²) >= 11 is 1.44. The first-order chi connectivity index (χ1) is 14.6. The number of aromatic nitrogens is 2. The Labute approximate surface area is 178 Å². The number of ether oxygens (including phenoxy) is 1. The number of hydrogen-bond donors (Lipinski definition) is 2. The Morgan fingerprint density at radius 3 is 2.77 bits per heavy atom. The van der Waals surface area contributed by atoms with E-state index < -0.39 is 0 Å². The van der Waals surface area contributed by atoms with E-state index in [9.17, 15) is 9.59 Å². The summed E-state index contributed by atoms with van der Waals surface area (Å²) < 4.78 is 5.12. The van der Waals surface area contributed by atoms with Gasteiger partial charge in [0.1, 0.15) is 5.75 Å². The molecular weight excluding hydrogens is 400 g/mol. The summed E-state index contributed by atoms with van der Waals surface area (Å²) in [5.74, 6) is 0.0935. The summed E-state index contributed by atoms with van der Waals surface area (Å²) in [6.07, 6.45) is 4.24. The molecule has 0 unspecified atom stereocenters. The highest BCUT2D eigenvalue weighted by Gasteiger charge is 2.30. The van der Waals surface area contributed by atoms with Crippen molar-refractivity contribution in [3.63, 3.8) is 0 Å². The van der Waals surface area contributed by atoms with Gasteiger partial charge in [0.2, 0.25) is 5.91 Å². The van der Waals surface area contributed by atoms with Gasteiger partial charge in [-0.25, -0.2) is 4.98 Å². The lowest BCUT2D eigenvalue weighted by atomic mass is 9.90. The third-order valence-corrected chi connectivity index (χ3v) is 6.06. The predicted molar refractivity (Wildman–Crippen MR) is 115 cm³/mol. The Morgan fingerprint density at radius 1 is 1.20 bits per heavy atom. The lowest BCUT2D eigenvalue weighted by molar-refractivity contribution is -0.123. The van der Waals surface area contributed by atoms with Gasteiger partial charge in [-0.15, -0.1) is 11.3 Å². The van der Waals surface area contributed by atoms with Crippen LogP contribution >= 0.6 is 11.3 Å². The van der Waals surface area contributed by atoms with Crippen LogP contribution < -0.4 is 15.4 Å². The molecule has 0 fully saturated rings. The summed E-state index contributed by atoms with van der Waals surface area (Å²) in [6.45, 7) is 0.386. The standard InChI is InChI=1S/C22H22N4O3S/c1-29-16-10-8-14(9-11-16)20(27)26-22-25-19-17(6-4-7-18(19)30-22)21(28)24-13-15-5-2-3-12-23-15/h2-3,5,8-12,17H,4,6-7,13H2,1H3,(H,24,28)(H,25,26,27)/t17-/m0/s1. The van der Waals surface area contributed by atoms with Gasteiger partial charge in [-0.2, -0.15) is 0 Å². The predicted octanol–water partition coefficient (Wildman–Crippen LogP) is 3.54. The Kier molecular flexibility index (Phi) is 6.04. The maximum absolute atomic E-state index is 12.8. The van der Waals surface area contributed by atoms with E-state index in [4.69, 9.17) is 4.74 Å². The molecule has 0 radical (unpaired) electrons. The van der Waals surface area contributed by atoms with Crippen LogP contribution in [0.5, 0.6) is 5.75 Å². The lowest BCUT2D eigenvalue weighted by Gasteiger charge is -2.20. The zero-order valence-electron chi connectivity index (χ0n) is 16.6. The Hall–Kier alpha value is -3.26. The smallest absolute Gasteiger partial charge is 0.257 e. The molecule has 30 heavy (non-hydrogen) atoms. The molecule has 154 valence electrons. The van der Waals surface area contributed by atoms with Crippen molar-refractivity contribution in [2.75, 3.05) is 12.4 Å².